The molecule has 2 heterocycles. The quantitative estimate of drug-likeness (QED) is 0.428. The molecule has 0 spiro atoms. The van der Waals surface area contributed by atoms with Crippen molar-refractivity contribution in [2.75, 3.05) is 4.90 Å². The van der Waals surface area contributed by atoms with Crippen molar-refractivity contribution < 1.29 is 9.59 Å². The molecular weight excluding hydrogens is 445 g/mol. The maximum Gasteiger partial charge on any atom is 0.266 e. The van der Waals surface area contributed by atoms with Crippen molar-refractivity contribution in [3.8, 4) is 10.4 Å². The van der Waals surface area contributed by atoms with Gasteiger partial charge in [0.25, 0.3) is 11.8 Å². The van der Waals surface area contributed by atoms with E-state index in [1.165, 1.54) is 11.3 Å². The molecule has 1 aliphatic rings. The van der Waals surface area contributed by atoms with Crippen LogP contribution in [0.5, 0.6) is 0 Å². The second-order valence-corrected chi connectivity index (χ2v) is 8.66. The molecule has 0 radical (unpaired) electrons. The van der Waals surface area contributed by atoms with E-state index in [0.29, 0.717) is 32.4 Å². The normalized spacial score (nSPS) is 13.5. The number of thiophene rings is 1. The predicted octanol–water partition coefficient (Wildman–Crippen LogP) is 6.29. The molecule has 0 unspecified atom stereocenters. The fraction of sp³-hybridized carbons (Fsp3) is 0. The van der Waals surface area contributed by atoms with Crippen molar-refractivity contribution in [3.05, 3.63) is 73.5 Å². The Labute approximate surface area is 165 Å². The van der Waals surface area contributed by atoms with Gasteiger partial charge in [-0.3, -0.25) is 9.59 Å². The first-order valence-electron chi connectivity index (χ1n) is 7.20. The minimum atomic E-state index is -0.376. The van der Waals surface area contributed by atoms with Gasteiger partial charge in [0, 0.05) is 10.4 Å². The highest BCUT2D eigenvalue weighted by Crippen LogP contribution is 2.43. The Morgan fingerprint density at radius 1 is 0.880 bits per heavy atom. The number of amides is 2. The SMILES string of the molecule is O=C1c2ccccc2C(=O)N1c1cc(Cl)c(-c2ccc(Br)s2)c(Cl)c1. The maximum atomic E-state index is 12.6. The van der Waals surface area contributed by atoms with Crippen molar-refractivity contribution in [1.82, 2.24) is 0 Å². The summed E-state index contributed by atoms with van der Waals surface area (Å²) >= 11 is 17.8. The molecule has 4 rings (SSSR count). The van der Waals surface area contributed by atoms with E-state index in [9.17, 15) is 9.59 Å². The molecule has 2 amide bonds. The minimum absolute atomic E-state index is 0.362. The summed E-state index contributed by atoms with van der Waals surface area (Å²) in [6.07, 6.45) is 0. The standard InChI is InChI=1S/C18H8BrCl2NO2S/c19-15-6-5-14(25-15)16-12(20)7-9(8-13(16)21)22-17(23)10-3-1-2-4-11(10)18(22)24/h1-8H. The van der Waals surface area contributed by atoms with Crippen molar-refractivity contribution in [1.29, 1.82) is 0 Å². The number of imide groups is 1. The summed E-state index contributed by atoms with van der Waals surface area (Å²) in [6, 6.07) is 13.7. The number of rotatable bonds is 2. The third kappa shape index (κ3) is 2.72. The van der Waals surface area contributed by atoms with Crippen LogP contribution in [0.2, 0.25) is 10.0 Å². The van der Waals surface area contributed by atoms with E-state index in [1.54, 1.807) is 36.4 Å². The van der Waals surface area contributed by atoms with Crippen LogP contribution in [0.25, 0.3) is 10.4 Å². The van der Waals surface area contributed by atoms with Gasteiger partial charge in [-0.25, -0.2) is 4.90 Å². The van der Waals surface area contributed by atoms with Crippen LogP contribution >= 0.6 is 50.5 Å². The zero-order chi connectivity index (χ0) is 17.7. The molecule has 1 aliphatic heterocycles. The summed E-state index contributed by atoms with van der Waals surface area (Å²) in [4.78, 5) is 27.2. The van der Waals surface area contributed by atoms with Crippen LogP contribution in [0.3, 0.4) is 0 Å². The number of hydrogen-bond acceptors (Lipinski definition) is 3. The number of carbonyl (C=O) groups excluding carboxylic acids is 2. The number of benzene rings is 2. The van der Waals surface area contributed by atoms with Crippen molar-refractivity contribution in [3.63, 3.8) is 0 Å². The van der Waals surface area contributed by atoms with Crippen LogP contribution in [0.4, 0.5) is 5.69 Å². The third-order valence-electron chi connectivity index (χ3n) is 3.90. The molecule has 0 fully saturated rings. The van der Waals surface area contributed by atoms with Gasteiger partial charge in [0.1, 0.15) is 0 Å². The van der Waals surface area contributed by atoms with Crippen LogP contribution in [-0.2, 0) is 0 Å². The smallest absolute Gasteiger partial charge is 0.266 e. The molecule has 0 aliphatic carbocycles. The summed E-state index contributed by atoms with van der Waals surface area (Å²) in [5.74, 6) is -0.751. The number of fused-ring (bicyclic) bond motifs is 1. The average molecular weight is 453 g/mol. The van der Waals surface area contributed by atoms with Gasteiger partial charge in [-0.15, -0.1) is 11.3 Å². The molecule has 2 aromatic carbocycles. The van der Waals surface area contributed by atoms with Gasteiger partial charge in [-0.05, 0) is 52.3 Å². The number of nitrogens with zero attached hydrogens (tertiary/aromatic N) is 1. The lowest BCUT2D eigenvalue weighted by Crippen LogP contribution is -2.29. The van der Waals surface area contributed by atoms with Crippen molar-refractivity contribution >= 4 is 68.0 Å². The molecule has 0 saturated heterocycles. The maximum absolute atomic E-state index is 12.6. The summed E-state index contributed by atoms with van der Waals surface area (Å²) in [5.41, 5.74) is 1.80. The highest BCUT2D eigenvalue weighted by atomic mass is 79.9. The van der Waals surface area contributed by atoms with Gasteiger partial charge < -0.3 is 0 Å². The van der Waals surface area contributed by atoms with Gasteiger partial charge in [-0.1, -0.05) is 35.3 Å². The van der Waals surface area contributed by atoms with Crippen LogP contribution in [0.15, 0.2) is 52.3 Å². The van der Waals surface area contributed by atoms with E-state index in [-0.39, 0.29) is 11.8 Å². The van der Waals surface area contributed by atoms with Gasteiger partial charge >= 0.3 is 0 Å². The van der Waals surface area contributed by atoms with E-state index >= 15 is 0 Å². The summed E-state index contributed by atoms with van der Waals surface area (Å²) < 4.78 is 0.957. The zero-order valence-electron chi connectivity index (χ0n) is 12.4. The highest BCUT2D eigenvalue weighted by Gasteiger charge is 2.36. The molecule has 25 heavy (non-hydrogen) atoms. The molecule has 1 aromatic heterocycles. The van der Waals surface area contributed by atoms with Gasteiger partial charge in [0.05, 0.1) is 30.6 Å². The molecule has 3 aromatic rings. The lowest BCUT2D eigenvalue weighted by molar-refractivity contribution is 0.0926. The largest absolute Gasteiger partial charge is 0.268 e. The van der Waals surface area contributed by atoms with E-state index < -0.39 is 0 Å². The molecule has 7 heteroatoms. The fourth-order valence-electron chi connectivity index (χ4n) is 2.80. The number of hydrogen-bond donors (Lipinski definition) is 0. The van der Waals surface area contributed by atoms with Crippen molar-refractivity contribution in [2.45, 2.75) is 0 Å². The molecule has 3 nitrogen and oxygen atoms in total. The molecule has 0 bridgehead atoms. The molecule has 0 saturated carbocycles. The van der Waals surface area contributed by atoms with E-state index in [2.05, 4.69) is 15.9 Å². The second kappa shape index (κ2) is 6.25. The highest BCUT2D eigenvalue weighted by molar-refractivity contribution is 9.11. The summed E-state index contributed by atoms with van der Waals surface area (Å²) in [6.45, 7) is 0. The average Bonchev–Trinajstić information content (AvgIpc) is 3.10. The minimum Gasteiger partial charge on any atom is -0.268 e. The monoisotopic (exact) mass is 451 g/mol. The first kappa shape index (κ1) is 16.8. The molecule has 124 valence electrons. The Kier molecular flexibility index (Phi) is 4.20. The Bertz CT molecular complexity index is 989. The first-order valence-corrected chi connectivity index (χ1v) is 9.56. The van der Waals surface area contributed by atoms with Crippen molar-refractivity contribution in [2.24, 2.45) is 0 Å². The van der Waals surface area contributed by atoms with Gasteiger partial charge in [0.15, 0.2) is 0 Å². The van der Waals surface area contributed by atoms with E-state index in [1.807, 2.05) is 12.1 Å². The topological polar surface area (TPSA) is 37.4 Å². The Hall–Kier alpha value is -1.66. The Balaban J connectivity index is 1.81. The zero-order valence-corrected chi connectivity index (χ0v) is 16.3. The third-order valence-corrected chi connectivity index (χ3v) is 6.14. The van der Waals surface area contributed by atoms with Crippen LogP contribution in [0, 0.1) is 0 Å². The van der Waals surface area contributed by atoms with Crippen LogP contribution < -0.4 is 4.90 Å². The first-order chi connectivity index (χ1) is 12.0. The van der Waals surface area contributed by atoms with Crippen LogP contribution in [-0.4, -0.2) is 11.8 Å². The molecule has 0 atom stereocenters. The van der Waals surface area contributed by atoms with Gasteiger partial charge in [-0.2, -0.15) is 0 Å². The Morgan fingerprint density at radius 3 is 1.92 bits per heavy atom. The second-order valence-electron chi connectivity index (χ2n) is 5.38. The lowest BCUT2D eigenvalue weighted by atomic mass is 10.1. The number of halogens is 3. The lowest BCUT2D eigenvalue weighted by Gasteiger charge is -2.16. The predicted molar refractivity (Wildman–Crippen MR) is 105 cm³/mol. The molecular formula is C18H8BrCl2NO2S. The van der Waals surface area contributed by atoms with Crippen LogP contribution in [0.1, 0.15) is 20.7 Å². The number of carbonyl (C=O) groups is 2. The summed E-state index contributed by atoms with van der Waals surface area (Å²) in [5, 5.41) is 0.766. The molecule has 0 N–H and O–H groups in total. The van der Waals surface area contributed by atoms with E-state index in [4.69, 9.17) is 23.2 Å². The number of anilines is 1. The fourth-order valence-corrected chi connectivity index (χ4v) is 5.05. The van der Waals surface area contributed by atoms with Gasteiger partial charge in [0.2, 0.25) is 0 Å². The summed E-state index contributed by atoms with van der Waals surface area (Å²) in [7, 11) is 0. The van der Waals surface area contributed by atoms with E-state index in [0.717, 1.165) is 13.6 Å². The Morgan fingerprint density at radius 2 is 1.44 bits per heavy atom.